The van der Waals surface area contributed by atoms with Crippen molar-refractivity contribution in [3.05, 3.63) is 41.5 Å². The van der Waals surface area contributed by atoms with Gasteiger partial charge in [0, 0.05) is 19.2 Å². The average molecular weight is 249 g/mol. The van der Waals surface area contributed by atoms with Crippen LogP contribution in [0.4, 0.5) is 0 Å². The first-order valence-corrected chi connectivity index (χ1v) is 5.73. The number of ether oxygens (including phenoxy) is 1. The summed E-state index contributed by atoms with van der Waals surface area (Å²) in [5, 5.41) is 8.64. The lowest BCUT2D eigenvalue weighted by molar-refractivity contribution is -0.131. The molecule has 0 aliphatic rings. The second-order valence-corrected chi connectivity index (χ2v) is 4.35. The van der Waals surface area contributed by atoms with Crippen molar-refractivity contribution < 1.29 is 14.6 Å². The zero-order chi connectivity index (χ0) is 13.5. The van der Waals surface area contributed by atoms with E-state index < -0.39 is 5.97 Å². The first kappa shape index (κ1) is 14.3. The third-order valence-corrected chi connectivity index (χ3v) is 2.50. The minimum absolute atomic E-state index is 0.637. The molecule has 1 N–H and O–H groups in total. The number of carboxylic acid groups (broad SMARTS) is 1. The zero-order valence-corrected chi connectivity index (χ0v) is 11.0. The largest absolute Gasteiger partial charge is 0.497 e. The Bertz CT molecular complexity index is 423. The van der Waals surface area contributed by atoms with Crippen molar-refractivity contribution >= 4 is 5.97 Å². The molecule has 0 fully saturated rings. The van der Waals surface area contributed by atoms with E-state index in [0.717, 1.165) is 17.9 Å². The molecule has 0 aliphatic heterocycles. The van der Waals surface area contributed by atoms with Crippen LogP contribution < -0.4 is 4.74 Å². The summed E-state index contributed by atoms with van der Waals surface area (Å²) in [6.07, 6.45) is 1.24. The topological polar surface area (TPSA) is 49.8 Å². The molecule has 4 heteroatoms. The second kappa shape index (κ2) is 6.81. The predicted molar refractivity (Wildman–Crippen MR) is 70.7 cm³/mol. The highest BCUT2D eigenvalue weighted by molar-refractivity contribution is 5.80. The van der Waals surface area contributed by atoms with Gasteiger partial charge in [0.2, 0.25) is 0 Å². The van der Waals surface area contributed by atoms with E-state index in [2.05, 4.69) is 4.90 Å². The van der Waals surface area contributed by atoms with Gasteiger partial charge in [0.25, 0.3) is 0 Å². The van der Waals surface area contributed by atoms with E-state index in [-0.39, 0.29) is 0 Å². The normalized spacial score (nSPS) is 11.7. The Kier molecular flexibility index (Phi) is 5.39. The summed E-state index contributed by atoms with van der Waals surface area (Å²) in [7, 11) is 3.60. The smallest absolute Gasteiger partial charge is 0.328 e. The summed E-state index contributed by atoms with van der Waals surface area (Å²) in [4.78, 5) is 12.6. The standard InChI is InChI=1S/C14H19NO3/c1-11(8-14(16)17)9-15(2)10-12-4-6-13(18-3)7-5-12/h4-8H,9-10H2,1-3H3,(H,16,17). The molecule has 0 spiro atoms. The fraction of sp³-hybridized carbons (Fsp3) is 0.357. The lowest BCUT2D eigenvalue weighted by Gasteiger charge is -2.17. The zero-order valence-electron chi connectivity index (χ0n) is 11.0. The summed E-state index contributed by atoms with van der Waals surface area (Å²) in [6.45, 7) is 3.23. The number of likely N-dealkylation sites (N-methyl/N-ethyl adjacent to an activating group) is 1. The molecule has 0 radical (unpaired) electrons. The molecule has 98 valence electrons. The lowest BCUT2D eigenvalue weighted by Crippen LogP contribution is -2.20. The average Bonchev–Trinajstić information content (AvgIpc) is 2.28. The third kappa shape index (κ3) is 5.01. The number of nitrogens with zero attached hydrogens (tertiary/aromatic N) is 1. The predicted octanol–water partition coefficient (Wildman–Crippen LogP) is 2.16. The van der Waals surface area contributed by atoms with Crippen LogP contribution in [0.2, 0.25) is 0 Å². The van der Waals surface area contributed by atoms with Gasteiger partial charge in [-0.1, -0.05) is 17.7 Å². The van der Waals surface area contributed by atoms with Crippen molar-refractivity contribution in [3.8, 4) is 5.75 Å². The van der Waals surface area contributed by atoms with Crippen molar-refractivity contribution in [1.29, 1.82) is 0 Å². The quantitative estimate of drug-likeness (QED) is 0.785. The summed E-state index contributed by atoms with van der Waals surface area (Å²) < 4.78 is 5.09. The molecule has 1 rings (SSSR count). The van der Waals surface area contributed by atoms with Crippen LogP contribution in [0, 0.1) is 0 Å². The lowest BCUT2D eigenvalue weighted by atomic mass is 10.2. The fourth-order valence-electron chi connectivity index (χ4n) is 1.78. The molecule has 0 amide bonds. The molecular weight excluding hydrogens is 230 g/mol. The maximum absolute atomic E-state index is 10.5. The van der Waals surface area contributed by atoms with Crippen LogP contribution in [0.5, 0.6) is 5.75 Å². The van der Waals surface area contributed by atoms with E-state index in [4.69, 9.17) is 9.84 Å². The van der Waals surface area contributed by atoms with Crippen LogP contribution in [0.1, 0.15) is 12.5 Å². The van der Waals surface area contributed by atoms with E-state index in [1.165, 1.54) is 11.6 Å². The van der Waals surface area contributed by atoms with Crippen LogP contribution in [0.25, 0.3) is 0 Å². The van der Waals surface area contributed by atoms with Gasteiger partial charge in [-0.25, -0.2) is 4.79 Å². The van der Waals surface area contributed by atoms with Gasteiger partial charge in [-0.2, -0.15) is 0 Å². The molecule has 0 atom stereocenters. The highest BCUT2D eigenvalue weighted by Crippen LogP contribution is 2.12. The van der Waals surface area contributed by atoms with Gasteiger partial charge in [0.05, 0.1) is 7.11 Å². The number of rotatable bonds is 6. The SMILES string of the molecule is COc1ccc(CN(C)CC(C)=CC(=O)O)cc1. The number of hydrogen-bond donors (Lipinski definition) is 1. The summed E-state index contributed by atoms with van der Waals surface area (Å²) in [6, 6.07) is 7.85. The van der Waals surface area contributed by atoms with Crippen molar-refractivity contribution in [3.63, 3.8) is 0 Å². The molecular formula is C14H19NO3. The second-order valence-electron chi connectivity index (χ2n) is 4.35. The number of benzene rings is 1. The maximum atomic E-state index is 10.5. The maximum Gasteiger partial charge on any atom is 0.328 e. The number of methoxy groups -OCH3 is 1. The Morgan fingerprint density at radius 3 is 2.50 bits per heavy atom. The van der Waals surface area contributed by atoms with Gasteiger partial charge < -0.3 is 9.84 Å². The molecule has 0 bridgehead atoms. The van der Waals surface area contributed by atoms with Gasteiger partial charge >= 0.3 is 5.97 Å². The number of carboxylic acids is 1. The van der Waals surface area contributed by atoms with Gasteiger partial charge in [-0.15, -0.1) is 0 Å². The van der Waals surface area contributed by atoms with Gasteiger partial charge in [-0.3, -0.25) is 4.90 Å². The van der Waals surface area contributed by atoms with Crippen LogP contribution >= 0.6 is 0 Å². The first-order valence-electron chi connectivity index (χ1n) is 5.73. The van der Waals surface area contributed by atoms with Gasteiger partial charge in [0.15, 0.2) is 0 Å². The van der Waals surface area contributed by atoms with E-state index in [9.17, 15) is 4.79 Å². The van der Waals surface area contributed by atoms with Crippen molar-refractivity contribution in [2.45, 2.75) is 13.5 Å². The van der Waals surface area contributed by atoms with E-state index in [1.807, 2.05) is 38.2 Å². The Labute approximate surface area is 107 Å². The van der Waals surface area contributed by atoms with Gasteiger partial charge in [-0.05, 0) is 31.7 Å². The number of hydrogen-bond acceptors (Lipinski definition) is 3. The molecule has 0 unspecified atom stereocenters. The van der Waals surface area contributed by atoms with E-state index >= 15 is 0 Å². The molecule has 18 heavy (non-hydrogen) atoms. The molecule has 1 aromatic carbocycles. The molecule has 0 saturated carbocycles. The Hall–Kier alpha value is -1.81. The fourth-order valence-corrected chi connectivity index (χ4v) is 1.78. The van der Waals surface area contributed by atoms with Crippen molar-refractivity contribution in [2.24, 2.45) is 0 Å². The van der Waals surface area contributed by atoms with Crippen LogP contribution in [-0.2, 0) is 11.3 Å². The summed E-state index contributed by atoms with van der Waals surface area (Å²) in [5.41, 5.74) is 2.00. The van der Waals surface area contributed by atoms with Gasteiger partial charge in [0.1, 0.15) is 5.75 Å². The monoisotopic (exact) mass is 249 g/mol. The minimum Gasteiger partial charge on any atom is -0.497 e. The van der Waals surface area contributed by atoms with E-state index in [0.29, 0.717) is 6.54 Å². The highest BCUT2D eigenvalue weighted by atomic mass is 16.5. The molecule has 0 heterocycles. The molecule has 0 saturated heterocycles. The van der Waals surface area contributed by atoms with Crippen LogP contribution in [0.3, 0.4) is 0 Å². The molecule has 0 aliphatic carbocycles. The van der Waals surface area contributed by atoms with Crippen molar-refractivity contribution in [1.82, 2.24) is 4.90 Å². The summed E-state index contributed by atoms with van der Waals surface area (Å²) in [5.74, 6) is -0.0614. The molecule has 4 nitrogen and oxygen atoms in total. The first-order chi connectivity index (χ1) is 8.51. The van der Waals surface area contributed by atoms with Crippen LogP contribution in [-0.4, -0.2) is 36.7 Å². The Balaban J connectivity index is 2.53. The Morgan fingerprint density at radius 2 is 2.00 bits per heavy atom. The Morgan fingerprint density at radius 1 is 1.39 bits per heavy atom. The summed E-state index contributed by atoms with van der Waals surface area (Å²) >= 11 is 0. The number of carbonyl (C=O) groups is 1. The molecule has 0 aromatic heterocycles. The molecule has 1 aromatic rings. The minimum atomic E-state index is -0.898. The van der Waals surface area contributed by atoms with Crippen molar-refractivity contribution in [2.75, 3.05) is 20.7 Å². The van der Waals surface area contributed by atoms with E-state index in [1.54, 1.807) is 7.11 Å². The number of aliphatic carboxylic acids is 1. The third-order valence-electron chi connectivity index (χ3n) is 2.50. The highest BCUT2D eigenvalue weighted by Gasteiger charge is 2.03. The van der Waals surface area contributed by atoms with Crippen LogP contribution in [0.15, 0.2) is 35.9 Å².